The van der Waals surface area contributed by atoms with Gasteiger partial charge in [0.15, 0.2) is 0 Å². The first-order valence-electron chi connectivity index (χ1n) is 8.39. The van der Waals surface area contributed by atoms with Crippen LogP contribution in [0.15, 0.2) is 59.2 Å². The van der Waals surface area contributed by atoms with Gasteiger partial charge in [-0.1, -0.05) is 12.1 Å². The molecule has 3 rings (SSSR count). The fraction of sp³-hybridized carbons (Fsp3) is 0.105. The molecule has 0 bridgehead atoms. The van der Waals surface area contributed by atoms with Crippen molar-refractivity contribution in [1.82, 2.24) is 15.3 Å². The minimum atomic E-state index is -2.88. The Labute approximate surface area is 173 Å². The second-order valence-corrected chi connectivity index (χ2v) is 6.52. The summed E-state index contributed by atoms with van der Waals surface area (Å²) in [5.74, 6) is 0.533. The number of benzene rings is 2. The predicted octanol–water partition coefficient (Wildman–Crippen LogP) is 4.69. The van der Waals surface area contributed by atoms with Crippen molar-refractivity contribution in [3.8, 4) is 5.75 Å². The zero-order valence-corrected chi connectivity index (χ0v) is 16.7. The van der Waals surface area contributed by atoms with Crippen molar-refractivity contribution in [3.05, 3.63) is 64.8 Å². The number of hydrogen-bond acceptors (Lipinski definition) is 6. The van der Waals surface area contributed by atoms with Crippen molar-refractivity contribution < 1.29 is 18.3 Å². The van der Waals surface area contributed by atoms with E-state index < -0.39 is 6.61 Å². The van der Waals surface area contributed by atoms with E-state index in [0.717, 1.165) is 0 Å². The third-order valence-corrected chi connectivity index (χ3v) is 4.31. The lowest BCUT2D eigenvalue weighted by Crippen LogP contribution is -2.19. The zero-order chi connectivity index (χ0) is 20.8. The Balaban J connectivity index is 1.80. The molecular weight excluding hydrogens is 448 g/mol. The molecule has 1 aromatic heterocycles. The molecule has 3 aromatic rings. The number of anilines is 4. The molecule has 1 heterocycles. The standard InChI is InChI=1S/C19H16BrF2N5O2/c1-23-17(28)13-4-2-3-5-15(13)26-16-14(20)10-24-19(27-16)25-11-6-8-12(9-7-11)29-18(21)22/h2-10,18H,1H3,(H,23,28)(H2,24,25,26,27). The lowest BCUT2D eigenvalue weighted by atomic mass is 10.1. The molecule has 10 heteroatoms. The smallest absolute Gasteiger partial charge is 0.387 e. The zero-order valence-electron chi connectivity index (χ0n) is 15.1. The summed E-state index contributed by atoms with van der Waals surface area (Å²) in [6.07, 6.45) is 1.55. The van der Waals surface area contributed by atoms with Crippen molar-refractivity contribution in [3.63, 3.8) is 0 Å². The van der Waals surface area contributed by atoms with Crippen LogP contribution in [0.4, 0.5) is 31.9 Å². The topological polar surface area (TPSA) is 88.2 Å². The molecule has 2 aromatic carbocycles. The maximum Gasteiger partial charge on any atom is 0.387 e. The summed E-state index contributed by atoms with van der Waals surface area (Å²) in [5, 5.41) is 8.68. The summed E-state index contributed by atoms with van der Waals surface area (Å²) in [4.78, 5) is 20.6. The number of nitrogens with one attached hydrogen (secondary N) is 3. The SMILES string of the molecule is CNC(=O)c1ccccc1Nc1nc(Nc2ccc(OC(F)F)cc2)ncc1Br. The molecule has 0 spiro atoms. The Hall–Kier alpha value is -3.27. The molecule has 0 aliphatic carbocycles. The largest absolute Gasteiger partial charge is 0.435 e. The van der Waals surface area contributed by atoms with Gasteiger partial charge in [0, 0.05) is 18.9 Å². The number of aromatic nitrogens is 2. The van der Waals surface area contributed by atoms with Gasteiger partial charge in [-0.2, -0.15) is 13.8 Å². The number of rotatable bonds is 7. The van der Waals surface area contributed by atoms with Crippen molar-refractivity contribution >= 4 is 45.0 Å². The van der Waals surface area contributed by atoms with E-state index in [1.807, 2.05) is 0 Å². The first-order valence-corrected chi connectivity index (χ1v) is 9.18. The number of halogens is 3. The van der Waals surface area contributed by atoms with Crippen molar-refractivity contribution in [1.29, 1.82) is 0 Å². The molecule has 0 radical (unpaired) electrons. The summed E-state index contributed by atoms with van der Waals surface area (Å²) in [7, 11) is 1.55. The second kappa shape index (κ2) is 9.28. The molecule has 0 saturated heterocycles. The number of para-hydroxylation sites is 1. The van der Waals surface area contributed by atoms with E-state index in [4.69, 9.17) is 0 Å². The monoisotopic (exact) mass is 463 g/mol. The second-order valence-electron chi connectivity index (χ2n) is 5.67. The van der Waals surface area contributed by atoms with E-state index in [1.54, 1.807) is 49.6 Å². The lowest BCUT2D eigenvalue weighted by molar-refractivity contribution is -0.0498. The molecule has 0 unspecified atom stereocenters. The van der Waals surface area contributed by atoms with E-state index in [1.165, 1.54) is 12.1 Å². The normalized spacial score (nSPS) is 10.5. The quantitative estimate of drug-likeness (QED) is 0.471. The highest BCUT2D eigenvalue weighted by atomic mass is 79.9. The van der Waals surface area contributed by atoms with Gasteiger partial charge in [-0.25, -0.2) is 4.98 Å². The number of nitrogens with zero attached hydrogens (tertiary/aromatic N) is 2. The van der Waals surface area contributed by atoms with Gasteiger partial charge in [0.25, 0.3) is 5.91 Å². The third kappa shape index (κ3) is 5.38. The first kappa shape index (κ1) is 20.5. The van der Waals surface area contributed by atoms with Crippen LogP contribution in [0.2, 0.25) is 0 Å². The van der Waals surface area contributed by atoms with Gasteiger partial charge in [-0.3, -0.25) is 4.79 Å². The van der Waals surface area contributed by atoms with Crippen LogP contribution in [0, 0.1) is 0 Å². The summed E-state index contributed by atoms with van der Waals surface area (Å²) < 4.78 is 29.4. The summed E-state index contributed by atoms with van der Waals surface area (Å²) in [6.45, 7) is -2.88. The molecule has 0 atom stereocenters. The molecule has 3 N–H and O–H groups in total. The molecule has 150 valence electrons. The molecule has 7 nitrogen and oxygen atoms in total. The minimum Gasteiger partial charge on any atom is -0.435 e. The number of alkyl halides is 2. The molecular formula is C19H16BrF2N5O2. The van der Waals surface area contributed by atoms with Crippen LogP contribution in [0.3, 0.4) is 0 Å². The van der Waals surface area contributed by atoms with E-state index in [9.17, 15) is 13.6 Å². The highest BCUT2D eigenvalue weighted by Crippen LogP contribution is 2.27. The van der Waals surface area contributed by atoms with Crippen LogP contribution in [0.5, 0.6) is 5.75 Å². The predicted molar refractivity (Wildman–Crippen MR) is 109 cm³/mol. The Bertz CT molecular complexity index is 1000. The van der Waals surface area contributed by atoms with Gasteiger partial charge in [0.2, 0.25) is 5.95 Å². The highest BCUT2D eigenvalue weighted by Gasteiger charge is 2.12. The molecule has 0 aliphatic heterocycles. The first-order chi connectivity index (χ1) is 14.0. The lowest BCUT2D eigenvalue weighted by Gasteiger charge is -2.13. The molecule has 29 heavy (non-hydrogen) atoms. The third-order valence-electron chi connectivity index (χ3n) is 3.73. The van der Waals surface area contributed by atoms with Gasteiger partial charge < -0.3 is 20.7 Å². The van der Waals surface area contributed by atoms with Crippen LogP contribution >= 0.6 is 15.9 Å². The number of carbonyl (C=O) groups excluding carboxylic acids is 1. The van der Waals surface area contributed by atoms with Crippen molar-refractivity contribution in [2.45, 2.75) is 6.61 Å². The fourth-order valence-electron chi connectivity index (χ4n) is 2.42. The van der Waals surface area contributed by atoms with Crippen LogP contribution in [0.1, 0.15) is 10.4 Å². The Kier molecular flexibility index (Phi) is 6.55. The number of hydrogen-bond donors (Lipinski definition) is 3. The number of ether oxygens (including phenoxy) is 1. The highest BCUT2D eigenvalue weighted by molar-refractivity contribution is 9.10. The molecule has 0 aliphatic rings. The van der Waals surface area contributed by atoms with E-state index in [-0.39, 0.29) is 17.6 Å². The van der Waals surface area contributed by atoms with Gasteiger partial charge in [0.05, 0.1) is 15.7 Å². The van der Waals surface area contributed by atoms with Crippen LogP contribution in [-0.2, 0) is 0 Å². The summed E-state index contributed by atoms with van der Waals surface area (Å²) in [6, 6.07) is 13.0. The molecule has 1 amide bonds. The average Bonchev–Trinajstić information content (AvgIpc) is 2.71. The maximum atomic E-state index is 12.2. The van der Waals surface area contributed by atoms with E-state index in [0.29, 0.717) is 27.2 Å². The average molecular weight is 464 g/mol. The summed E-state index contributed by atoms with van der Waals surface area (Å²) >= 11 is 3.38. The van der Waals surface area contributed by atoms with E-state index in [2.05, 4.69) is 46.6 Å². The van der Waals surface area contributed by atoms with Crippen LogP contribution in [-0.4, -0.2) is 29.5 Å². The van der Waals surface area contributed by atoms with Crippen molar-refractivity contribution in [2.24, 2.45) is 0 Å². The van der Waals surface area contributed by atoms with Gasteiger partial charge in [-0.05, 0) is 52.3 Å². The Morgan fingerprint density at radius 1 is 1.10 bits per heavy atom. The number of amides is 1. The number of carbonyl (C=O) groups is 1. The van der Waals surface area contributed by atoms with Gasteiger partial charge in [-0.15, -0.1) is 0 Å². The van der Waals surface area contributed by atoms with Crippen LogP contribution in [0.25, 0.3) is 0 Å². The fourth-order valence-corrected chi connectivity index (χ4v) is 2.71. The van der Waals surface area contributed by atoms with Crippen molar-refractivity contribution in [2.75, 3.05) is 17.7 Å². The van der Waals surface area contributed by atoms with E-state index >= 15 is 0 Å². The molecule has 0 fully saturated rings. The summed E-state index contributed by atoms with van der Waals surface area (Å²) in [5.41, 5.74) is 1.63. The van der Waals surface area contributed by atoms with Gasteiger partial charge in [0.1, 0.15) is 11.6 Å². The van der Waals surface area contributed by atoms with Gasteiger partial charge >= 0.3 is 6.61 Å². The maximum absolute atomic E-state index is 12.2. The van der Waals surface area contributed by atoms with Crippen LogP contribution < -0.4 is 20.7 Å². The molecule has 0 saturated carbocycles. The Morgan fingerprint density at radius 2 is 1.83 bits per heavy atom. The Morgan fingerprint density at radius 3 is 2.52 bits per heavy atom. The minimum absolute atomic E-state index is 0.0513.